The van der Waals surface area contributed by atoms with Gasteiger partial charge >= 0.3 is 0 Å². The molecule has 2 aliphatic rings. The van der Waals surface area contributed by atoms with E-state index in [4.69, 9.17) is 12.7 Å². The maximum absolute atomic E-state index is 6.13. The first-order valence-corrected chi connectivity index (χ1v) is 4.75. The summed E-state index contributed by atoms with van der Waals surface area (Å²) in [6.07, 6.45) is 6.72. The van der Waals surface area contributed by atoms with Crippen molar-refractivity contribution < 1.29 is 0 Å². The van der Waals surface area contributed by atoms with Crippen molar-refractivity contribution in [2.45, 2.75) is 32.1 Å². The van der Waals surface area contributed by atoms with Gasteiger partial charge in [0, 0.05) is 0 Å². The van der Waals surface area contributed by atoms with Crippen LogP contribution in [0.25, 0.3) is 0 Å². The quantitative estimate of drug-likeness (QED) is 0.608. The average molecular weight is 151 g/mol. The van der Waals surface area contributed by atoms with Gasteiger partial charge in [0.05, 0.1) is 0 Å². The maximum Gasteiger partial charge on any atom is -0.00148 e. The molecule has 2 aliphatic carbocycles. The molecule has 0 saturated heterocycles. The maximum atomic E-state index is 6.13. The van der Waals surface area contributed by atoms with Crippen molar-refractivity contribution in [3.05, 3.63) is 6.92 Å². The predicted octanol–water partition coefficient (Wildman–Crippen LogP) is 1.85. The van der Waals surface area contributed by atoms with E-state index in [9.17, 15) is 0 Å². The van der Waals surface area contributed by atoms with Crippen LogP contribution in [0.15, 0.2) is 0 Å². The Morgan fingerprint density at radius 3 is 2.73 bits per heavy atom. The van der Waals surface area contributed by atoms with Gasteiger partial charge in [-0.25, -0.2) is 0 Å². The van der Waals surface area contributed by atoms with E-state index < -0.39 is 0 Å². The van der Waals surface area contributed by atoms with Gasteiger partial charge in [-0.15, -0.1) is 0 Å². The molecule has 2 fully saturated rings. The highest BCUT2D eigenvalue weighted by atomic mass is 14.7. The van der Waals surface area contributed by atoms with Gasteiger partial charge in [-0.05, 0) is 43.6 Å². The summed E-state index contributed by atoms with van der Waals surface area (Å²) in [4.78, 5) is 0. The van der Waals surface area contributed by atoms with Gasteiger partial charge < -0.3 is 5.73 Å². The molecule has 2 radical (unpaired) electrons. The zero-order chi connectivity index (χ0) is 7.90. The van der Waals surface area contributed by atoms with Crippen molar-refractivity contribution in [2.75, 3.05) is 6.54 Å². The Morgan fingerprint density at radius 1 is 1.36 bits per heavy atom. The van der Waals surface area contributed by atoms with Crippen molar-refractivity contribution >= 4 is 0 Å². The topological polar surface area (TPSA) is 26.0 Å². The summed E-state index contributed by atoms with van der Waals surface area (Å²) in [6, 6.07) is 0. The molecule has 1 heteroatoms. The zero-order valence-electron chi connectivity index (χ0n) is 7.05. The third-order valence-corrected chi connectivity index (χ3v) is 3.67. The molecule has 0 heterocycles. The van der Waals surface area contributed by atoms with E-state index in [1.807, 2.05) is 0 Å². The Labute approximate surface area is 69.4 Å². The third-order valence-electron chi connectivity index (χ3n) is 3.67. The summed E-state index contributed by atoms with van der Waals surface area (Å²) in [7, 11) is 0. The van der Waals surface area contributed by atoms with E-state index in [0.717, 1.165) is 11.8 Å². The molecule has 1 nitrogen and oxygen atoms in total. The Morgan fingerprint density at radius 2 is 2.09 bits per heavy atom. The Kier molecular flexibility index (Phi) is 1.71. The van der Waals surface area contributed by atoms with E-state index in [0.29, 0.717) is 6.54 Å². The third kappa shape index (κ3) is 1.01. The molecule has 0 aliphatic heterocycles. The van der Waals surface area contributed by atoms with Crippen LogP contribution in [-0.4, -0.2) is 6.54 Å². The van der Waals surface area contributed by atoms with Crippen molar-refractivity contribution in [2.24, 2.45) is 23.0 Å². The van der Waals surface area contributed by atoms with Crippen molar-refractivity contribution in [3.8, 4) is 0 Å². The van der Waals surface area contributed by atoms with Crippen LogP contribution < -0.4 is 5.73 Å². The second-order valence-electron chi connectivity index (χ2n) is 4.29. The normalized spacial score (nSPS) is 49.6. The largest absolute Gasteiger partial charge is 0.330 e. The fourth-order valence-corrected chi connectivity index (χ4v) is 2.92. The number of hydrogen-bond acceptors (Lipinski definition) is 1. The molecule has 0 aromatic heterocycles. The van der Waals surface area contributed by atoms with Crippen LogP contribution in [0.1, 0.15) is 32.1 Å². The molecule has 0 aromatic rings. The van der Waals surface area contributed by atoms with Gasteiger partial charge in [0.2, 0.25) is 0 Å². The number of fused-ring (bicyclic) bond motifs is 1. The Hall–Kier alpha value is -0.0400. The van der Waals surface area contributed by atoms with Gasteiger partial charge in [0.1, 0.15) is 0 Å². The summed E-state index contributed by atoms with van der Waals surface area (Å²) in [5, 5.41) is 0. The van der Waals surface area contributed by atoms with E-state index in [1.54, 1.807) is 0 Å². The smallest absolute Gasteiger partial charge is 0.00148 e. The average Bonchev–Trinajstić information content (AvgIpc) is 2.02. The van der Waals surface area contributed by atoms with Crippen molar-refractivity contribution in [1.29, 1.82) is 0 Å². The van der Waals surface area contributed by atoms with E-state index >= 15 is 0 Å². The Bertz CT molecular complexity index is 155. The molecule has 62 valence electrons. The second-order valence-corrected chi connectivity index (χ2v) is 4.29. The lowest BCUT2D eigenvalue weighted by Gasteiger charge is -2.55. The molecule has 3 atom stereocenters. The van der Waals surface area contributed by atoms with E-state index in [1.165, 1.54) is 32.1 Å². The molecule has 2 rings (SSSR count). The lowest BCUT2D eigenvalue weighted by atomic mass is 9.50. The van der Waals surface area contributed by atoms with E-state index in [2.05, 4.69) is 0 Å². The fraction of sp³-hybridized carbons (Fsp3) is 0.900. The van der Waals surface area contributed by atoms with Crippen LogP contribution in [0.5, 0.6) is 0 Å². The summed E-state index contributed by atoms with van der Waals surface area (Å²) in [5.41, 5.74) is 5.68. The number of nitrogens with two attached hydrogens (primary N) is 1. The molecule has 0 aromatic carbocycles. The number of hydrogen-bond donors (Lipinski definition) is 1. The first kappa shape index (κ1) is 7.60. The van der Waals surface area contributed by atoms with Crippen molar-refractivity contribution in [3.63, 3.8) is 0 Å². The monoisotopic (exact) mass is 151 g/mol. The minimum atomic E-state index is 0.0328. The molecule has 0 amide bonds. The first-order chi connectivity index (χ1) is 5.26. The van der Waals surface area contributed by atoms with Crippen LogP contribution in [-0.2, 0) is 0 Å². The summed E-state index contributed by atoms with van der Waals surface area (Å²) >= 11 is 0. The molecule has 0 bridgehead atoms. The summed E-state index contributed by atoms with van der Waals surface area (Å²) < 4.78 is 0. The lowest BCUT2D eigenvalue weighted by molar-refractivity contribution is -0.0281. The zero-order valence-corrected chi connectivity index (χ0v) is 7.05. The summed E-state index contributed by atoms with van der Waals surface area (Å²) in [6.45, 7) is 6.82. The van der Waals surface area contributed by atoms with E-state index in [-0.39, 0.29) is 5.41 Å². The highest BCUT2D eigenvalue weighted by molar-refractivity contribution is 5.04. The minimum absolute atomic E-state index is 0.0328. The van der Waals surface area contributed by atoms with Crippen molar-refractivity contribution in [1.82, 2.24) is 0 Å². The number of rotatable bonds is 1. The van der Waals surface area contributed by atoms with Gasteiger partial charge in [-0.1, -0.05) is 19.3 Å². The predicted molar refractivity (Wildman–Crippen MR) is 45.9 cm³/mol. The minimum Gasteiger partial charge on any atom is -0.330 e. The molecule has 2 N–H and O–H groups in total. The highest BCUT2D eigenvalue weighted by Crippen LogP contribution is 2.56. The molecule has 0 spiro atoms. The van der Waals surface area contributed by atoms with Crippen LogP contribution in [0.4, 0.5) is 0 Å². The fourth-order valence-electron chi connectivity index (χ4n) is 2.92. The van der Waals surface area contributed by atoms with Crippen LogP contribution in [0.3, 0.4) is 0 Å². The molecule has 0 unspecified atom stereocenters. The SMILES string of the molecule is [CH][C@]1(CN)C[C@@H]2CCCC[C@@H]21. The lowest BCUT2D eigenvalue weighted by Crippen LogP contribution is -2.51. The molecule has 11 heavy (non-hydrogen) atoms. The first-order valence-electron chi connectivity index (χ1n) is 4.75. The van der Waals surface area contributed by atoms with Gasteiger partial charge in [0.15, 0.2) is 0 Å². The van der Waals surface area contributed by atoms with Crippen LogP contribution >= 0.6 is 0 Å². The van der Waals surface area contributed by atoms with Crippen LogP contribution in [0.2, 0.25) is 0 Å². The molecule has 2 saturated carbocycles. The van der Waals surface area contributed by atoms with Gasteiger partial charge in [0.25, 0.3) is 0 Å². The second kappa shape index (κ2) is 2.48. The summed E-state index contributed by atoms with van der Waals surface area (Å²) in [5.74, 6) is 1.69. The van der Waals surface area contributed by atoms with Crippen LogP contribution in [0, 0.1) is 24.2 Å². The van der Waals surface area contributed by atoms with Gasteiger partial charge in [-0.2, -0.15) is 0 Å². The Balaban J connectivity index is 2.00. The standard InChI is InChI=1S/C10H17N/c1-10(7-11)6-8-4-2-3-5-9(8)10/h1,8-9H,2-7,11H2/t8-,9-,10+/m0/s1. The molecular formula is C10H17N. The van der Waals surface area contributed by atoms with Gasteiger partial charge in [-0.3, -0.25) is 0 Å². The molecular weight excluding hydrogens is 134 g/mol. The highest BCUT2D eigenvalue weighted by Gasteiger charge is 2.49.